The highest BCUT2D eigenvalue weighted by atomic mass is 16.2. The van der Waals surface area contributed by atoms with Crippen molar-refractivity contribution in [3.8, 4) is 0 Å². The van der Waals surface area contributed by atoms with Crippen LogP contribution in [-0.4, -0.2) is 25.5 Å². The molecule has 0 aromatic heterocycles. The van der Waals surface area contributed by atoms with Crippen LogP contribution in [0.4, 0.5) is 4.79 Å². The second-order valence-corrected chi connectivity index (χ2v) is 3.87. The van der Waals surface area contributed by atoms with Crippen molar-refractivity contribution in [1.82, 2.24) is 16.0 Å². The van der Waals surface area contributed by atoms with Crippen LogP contribution in [0.3, 0.4) is 0 Å². The highest BCUT2D eigenvalue weighted by Crippen LogP contribution is 2.05. The first kappa shape index (κ1) is 14.5. The van der Waals surface area contributed by atoms with Crippen LogP contribution in [0.5, 0.6) is 0 Å². The molecule has 92 valence electrons. The summed E-state index contributed by atoms with van der Waals surface area (Å²) in [6.45, 7) is 7.22. The van der Waals surface area contributed by atoms with Crippen LogP contribution in [0.1, 0.15) is 27.2 Å². The van der Waals surface area contributed by atoms with Crippen LogP contribution in [0.15, 0.2) is 11.8 Å². The Morgan fingerprint density at radius 3 is 2.56 bits per heavy atom. The van der Waals surface area contributed by atoms with Gasteiger partial charge in [-0.05, 0) is 19.3 Å². The quantitative estimate of drug-likeness (QED) is 0.448. The lowest BCUT2D eigenvalue weighted by Gasteiger charge is -2.07. The SMILES string of the molecule is C/C(=C\NC(=O)NCCCNC=O)C(C)C. The summed E-state index contributed by atoms with van der Waals surface area (Å²) in [4.78, 5) is 21.2. The molecular weight excluding hydrogens is 206 g/mol. The van der Waals surface area contributed by atoms with Gasteiger partial charge in [-0.1, -0.05) is 19.4 Å². The Kier molecular flexibility index (Phi) is 7.93. The number of hydrogen-bond donors (Lipinski definition) is 3. The van der Waals surface area contributed by atoms with Gasteiger partial charge in [0, 0.05) is 19.3 Å². The van der Waals surface area contributed by atoms with Crippen molar-refractivity contribution in [1.29, 1.82) is 0 Å². The Morgan fingerprint density at radius 2 is 2.00 bits per heavy atom. The molecule has 0 aromatic rings. The molecule has 3 amide bonds. The molecule has 0 rings (SSSR count). The monoisotopic (exact) mass is 227 g/mol. The summed E-state index contributed by atoms with van der Waals surface area (Å²) in [5.74, 6) is 0.428. The molecule has 0 bridgehead atoms. The molecule has 16 heavy (non-hydrogen) atoms. The second-order valence-electron chi connectivity index (χ2n) is 3.87. The van der Waals surface area contributed by atoms with Crippen molar-refractivity contribution in [3.63, 3.8) is 0 Å². The number of nitrogens with one attached hydrogen (secondary N) is 3. The lowest BCUT2D eigenvalue weighted by molar-refractivity contribution is -0.109. The van der Waals surface area contributed by atoms with E-state index in [0.29, 0.717) is 25.4 Å². The first-order valence-electron chi connectivity index (χ1n) is 5.46. The Balaban J connectivity index is 3.59. The Labute approximate surface area is 96.7 Å². The molecule has 5 heteroatoms. The summed E-state index contributed by atoms with van der Waals surface area (Å²) in [6.07, 6.45) is 3.08. The molecular formula is C11H21N3O2. The first-order chi connectivity index (χ1) is 7.57. The predicted molar refractivity (Wildman–Crippen MR) is 63.8 cm³/mol. The van der Waals surface area contributed by atoms with E-state index in [2.05, 4.69) is 29.8 Å². The number of urea groups is 1. The van der Waals surface area contributed by atoms with E-state index in [0.717, 1.165) is 12.0 Å². The van der Waals surface area contributed by atoms with Gasteiger partial charge in [-0.25, -0.2) is 4.79 Å². The summed E-state index contributed by atoms with van der Waals surface area (Å²) in [6, 6.07) is -0.217. The molecule has 0 aliphatic carbocycles. The molecule has 0 radical (unpaired) electrons. The molecule has 0 heterocycles. The van der Waals surface area contributed by atoms with Gasteiger partial charge >= 0.3 is 6.03 Å². The molecule has 0 unspecified atom stereocenters. The number of amides is 3. The molecule has 0 spiro atoms. The van der Waals surface area contributed by atoms with Crippen molar-refractivity contribution in [3.05, 3.63) is 11.8 Å². The van der Waals surface area contributed by atoms with E-state index in [1.54, 1.807) is 6.20 Å². The van der Waals surface area contributed by atoms with E-state index in [9.17, 15) is 9.59 Å². The fourth-order valence-electron chi connectivity index (χ4n) is 0.848. The third-order valence-electron chi connectivity index (χ3n) is 2.21. The summed E-state index contributed by atoms with van der Waals surface area (Å²) < 4.78 is 0. The summed E-state index contributed by atoms with van der Waals surface area (Å²) in [5, 5.41) is 7.86. The Hall–Kier alpha value is -1.52. The van der Waals surface area contributed by atoms with Crippen LogP contribution < -0.4 is 16.0 Å². The number of carbonyl (C=O) groups is 2. The van der Waals surface area contributed by atoms with Crippen LogP contribution in [-0.2, 0) is 4.79 Å². The Bertz CT molecular complexity index is 250. The van der Waals surface area contributed by atoms with Gasteiger partial charge in [-0.3, -0.25) is 4.79 Å². The maximum atomic E-state index is 11.2. The number of hydrogen-bond acceptors (Lipinski definition) is 2. The van der Waals surface area contributed by atoms with Gasteiger partial charge in [0.15, 0.2) is 0 Å². The highest BCUT2D eigenvalue weighted by molar-refractivity contribution is 5.74. The van der Waals surface area contributed by atoms with Crippen LogP contribution in [0, 0.1) is 5.92 Å². The van der Waals surface area contributed by atoms with Crippen LogP contribution in [0.25, 0.3) is 0 Å². The zero-order valence-corrected chi connectivity index (χ0v) is 10.2. The maximum Gasteiger partial charge on any atom is 0.318 e. The van der Waals surface area contributed by atoms with Crippen molar-refractivity contribution < 1.29 is 9.59 Å². The standard InChI is InChI=1S/C11H21N3O2/c1-9(2)10(3)7-14-11(16)13-6-4-5-12-8-15/h7-9H,4-6H2,1-3H3,(H,12,15)(H2,13,14,16)/b10-7+. The van der Waals surface area contributed by atoms with Crippen LogP contribution in [0.2, 0.25) is 0 Å². The fourth-order valence-corrected chi connectivity index (χ4v) is 0.848. The normalized spacial score (nSPS) is 11.1. The zero-order chi connectivity index (χ0) is 12.4. The van der Waals surface area contributed by atoms with Crippen molar-refractivity contribution in [2.75, 3.05) is 13.1 Å². The van der Waals surface area contributed by atoms with E-state index in [4.69, 9.17) is 0 Å². The average Bonchev–Trinajstić information content (AvgIpc) is 2.25. The highest BCUT2D eigenvalue weighted by Gasteiger charge is 1.98. The van der Waals surface area contributed by atoms with Gasteiger partial charge in [-0.15, -0.1) is 0 Å². The predicted octanol–water partition coefficient (Wildman–Crippen LogP) is 0.981. The van der Waals surface area contributed by atoms with Gasteiger partial charge in [-0.2, -0.15) is 0 Å². The third kappa shape index (κ3) is 7.84. The van der Waals surface area contributed by atoms with Gasteiger partial charge in [0.25, 0.3) is 0 Å². The number of allylic oxidation sites excluding steroid dienone is 1. The topological polar surface area (TPSA) is 70.2 Å². The van der Waals surface area contributed by atoms with E-state index in [1.807, 2.05) is 6.92 Å². The molecule has 0 saturated heterocycles. The maximum absolute atomic E-state index is 11.2. The molecule has 0 aromatic carbocycles. The average molecular weight is 227 g/mol. The van der Waals surface area contributed by atoms with Gasteiger partial charge in [0.05, 0.1) is 0 Å². The minimum absolute atomic E-state index is 0.217. The van der Waals surface area contributed by atoms with Gasteiger partial charge in [0.1, 0.15) is 0 Å². The molecule has 0 aliphatic heterocycles. The third-order valence-corrected chi connectivity index (χ3v) is 2.21. The minimum atomic E-state index is -0.217. The van der Waals surface area contributed by atoms with Crippen molar-refractivity contribution >= 4 is 12.4 Å². The molecule has 0 atom stereocenters. The molecule has 5 nitrogen and oxygen atoms in total. The van der Waals surface area contributed by atoms with E-state index < -0.39 is 0 Å². The van der Waals surface area contributed by atoms with Crippen molar-refractivity contribution in [2.24, 2.45) is 5.92 Å². The molecule has 0 fully saturated rings. The summed E-state index contributed by atoms with van der Waals surface area (Å²) in [7, 11) is 0. The lowest BCUT2D eigenvalue weighted by atomic mass is 10.1. The van der Waals surface area contributed by atoms with E-state index in [-0.39, 0.29) is 6.03 Å². The van der Waals surface area contributed by atoms with Crippen LogP contribution >= 0.6 is 0 Å². The largest absolute Gasteiger partial charge is 0.359 e. The fraction of sp³-hybridized carbons (Fsp3) is 0.636. The zero-order valence-electron chi connectivity index (χ0n) is 10.2. The molecule has 0 saturated carbocycles. The number of rotatable bonds is 7. The summed E-state index contributed by atoms with van der Waals surface area (Å²) in [5.41, 5.74) is 1.12. The van der Waals surface area contributed by atoms with Gasteiger partial charge in [0.2, 0.25) is 6.41 Å². The first-order valence-corrected chi connectivity index (χ1v) is 5.46. The second kappa shape index (κ2) is 8.76. The van der Waals surface area contributed by atoms with E-state index in [1.165, 1.54) is 0 Å². The van der Waals surface area contributed by atoms with E-state index >= 15 is 0 Å². The lowest BCUT2D eigenvalue weighted by Crippen LogP contribution is -2.34. The smallest absolute Gasteiger partial charge is 0.318 e. The minimum Gasteiger partial charge on any atom is -0.359 e. The Morgan fingerprint density at radius 1 is 1.31 bits per heavy atom. The van der Waals surface area contributed by atoms with Gasteiger partial charge < -0.3 is 16.0 Å². The molecule has 0 aliphatic rings. The molecule has 3 N–H and O–H groups in total. The number of carbonyl (C=O) groups excluding carboxylic acids is 2. The van der Waals surface area contributed by atoms with Crippen molar-refractivity contribution in [2.45, 2.75) is 27.2 Å². The summed E-state index contributed by atoms with van der Waals surface area (Å²) >= 11 is 0.